The van der Waals surface area contributed by atoms with Gasteiger partial charge in [0.05, 0.1) is 8.93 Å². The maximum absolute atomic E-state index is 5.92. The summed E-state index contributed by atoms with van der Waals surface area (Å²) in [6, 6.07) is 8.37. The molecule has 0 radical (unpaired) electrons. The van der Waals surface area contributed by atoms with Gasteiger partial charge in [-0.05, 0) is 65.6 Å². The summed E-state index contributed by atoms with van der Waals surface area (Å²) in [5.74, 6) is 0.863. The van der Waals surface area contributed by atoms with Gasteiger partial charge < -0.3 is 5.32 Å². The fourth-order valence-corrected chi connectivity index (χ4v) is 4.62. The lowest BCUT2D eigenvalue weighted by Crippen LogP contribution is -2.16. The molecule has 2 heterocycles. The molecule has 0 aliphatic heterocycles. The van der Waals surface area contributed by atoms with Crippen molar-refractivity contribution in [3.05, 3.63) is 42.7 Å². The van der Waals surface area contributed by atoms with Crippen molar-refractivity contribution in [2.24, 2.45) is 0 Å². The number of aromatic nitrogens is 1. The van der Waals surface area contributed by atoms with Crippen molar-refractivity contribution in [3.63, 3.8) is 0 Å². The Labute approximate surface area is 129 Å². The van der Waals surface area contributed by atoms with Crippen LogP contribution in [0.1, 0.15) is 29.3 Å². The van der Waals surface area contributed by atoms with Gasteiger partial charge >= 0.3 is 0 Å². The summed E-state index contributed by atoms with van der Waals surface area (Å²) in [5.41, 5.74) is 1.44. The van der Waals surface area contributed by atoms with E-state index in [4.69, 9.17) is 11.6 Å². The first-order valence-electron chi connectivity index (χ1n) is 5.89. The van der Waals surface area contributed by atoms with Crippen LogP contribution in [0.25, 0.3) is 0 Å². The van der Waals surface area contributed by atoms with Crippen LogP contribution in [0.5, 0.6) is 0 Å². The van der Waals surface area contributed by atoms with Gasteiger partial charge in [-0.15, -0.1) is 11.3 Å². The number of aryl methyl sites for hydroxylation is 1. The largest absolute Gasteiger partial charge is 0.363 e. The molecule has 1 unspecified atom stereocenters. The molecule has 1 aliphatic carbocycles. The van der Waals surface area contributed by atoms with Gasteiger partial charge in [-0.3, -0.25) is 0 Å². The lowest BCUT2D eigenvalue weighted by Gasteiger charge is -2.24. The van der Waals surface area contributed by atoms with E-state index in [0.717, 1.165) is 12.2 Å². The van der Waals surface area contributed by atoms with Crippen molar-refractivity contribution in [2.45, 2.75) is 25.3 Å². The molecule has 0 amide bonds. The van der Waals surface area contributed by atoms with E-state index >= 15 is 0 Å². The minimum absolute atomic E-state index is 0.375. The van der Waals surface area contributed by atoms with Crippen LogP contribution < -0.4 is 5.32 Å². The molecule has 0 bridgehead atoms. The van der Waals surface area contributed by atoms with Crippen molar-refractivity contribution in [1.29, 1.82) is 0 Å². The number of pyridine rings is 1. The van der Waals surface area contributed by atoms with E-state index in [0.29, 0.717) is 11.2 Å². The topological polar surface area (TPSA) is 24.9 Å². The van der Waals surface area contributed by atoms with Crippen LogP contribution in [0.2, 0.25) is 5.15 Å². The lowest BCUT2D eigenvalue weighted by atomic mass is 9.94. The Morgan fingerprint density at radius 2 is 2.33 bits per heavy atom. The predicted molar refractivity (Wildman–Crippen MR) is 85.6 cm³/mol. The van der Waals surface area contributed by atoms with Crippen LogP contribution in [-0.2, 0) is 6.42 Å². The molecule has 5 heteroatoms. The Morgan fingerprint density at radius 1 is 1.44 bits per heavy atom. The highest BCUT2D eigenvalue weighted by Gasteiger charge is 2.22. The second kappa shape index (κ2) is 5.35. The van der Waals surface area contributed by atoms with Gasteiger partial charge in [0.2, 0.25) is 0 Å². The van der Waals surface area contributed by atoms with Crippen LogP contribution in [0, 0.1) is 2.88 Å². The van der Waals surface area contributed by atoms with E-state index in [1.54, 1.807) is 6.07 Å². The highest BCUT2D eigenvalue weighted by Crippen LogP contribution is 2.37. The van der Waals surface area contributed by atoms with Gasteiger partial charge in [0, 0.05) is 4.88 Å². The van der Waals surface area contributed by atoms with Crippen LogP contribution >= 0.6 is 45.5 Å². The first kappa shape index (κ1) is 12.7. The molecule has 18 heavy (non-hydrogen) atoms. The number of anilines is 1. The van der Waals surface area contributed by atoms with Crippen molar-refractivity contribution >= 4 is 51.3 Å². The number of rotatable bonds is 2. The second-order valence-electron chi connectivity index (χ2n) is 4.36. The van der Waals surface area contributed by atoms with Gasteiger partial charge in [-0.2, -0.15) is 0 Å². The van der Waals surface area contributed by atoms with Gasteiger partial charge in [0.1, 0.15) is 11.0 Å². The molecular weight excluding hydrogens is 379 g/mol. The molecule has 0 saturated heterocycles. The zero-order chi connectivity index (χ0) is 12.5. The second-order valence-corrected chi connectivity index (χ2v) is 7.78. The highest BCUT2D eigenvalue weighted by atomic mass is 127. The zero-order valence-corrected chi connectivity index (χ0v) is 13.3. The molecule has 0 fully saturated rings. The number of halogens is 2. The molecular formula is C13H12ClIN2S. The molecule has 2 nitrogen and oxygen atoms in total. The van der Waals surface area contributed by atoms with Crippen LogP contribution in [-0.4, -0.2) is 4.98 Å². The number of hydrogen-bond acceptors (Lipinski definition) is 3. The molecule has 94 valence electrons. The molecule has 1 N–H and O–H groups in total. The normalized spacial score (nSPS) is 18.4. The van der Waals surface area contributed by atoms with Crippen LogP contribution in [0.3, 0.4) is 0 Å². The maximum Gasteiger partial charge on any atom is 0.131 e. The molecule has 2 aromatic heterocycles. The average molecular weight is 391 g/mol. The van der Waals surface area contributed by atoms with Gasteiger partial charge in [0.25, 0.3) is 0 Å². The third-order valence-corrected chi connectivity index (χ3v) is 5.30. The highest BCUT2D eigenvalue weighted by molar-refractivity contribution is 14.1. The number of fused-ring (bicyclic) bond motifs is 1. The third kappa shape index (κ3) is 2.65. The standard InChI is InChI=1S/C13H12ClIN2S/c14-11-5-2-6-13(17-11)16-9-3-1-4-10-8(9)7-12(15)18-10/h2,5-7,9H,1,3-4H2,(H,16,17). The Bertz CT molecular complexity index is 570. The average Bonchev–Trinajstić information content (AvgIpc) is 2.71. The van der Waals surface area contributed by atoms with Crippen molar-refractivity contribution < 1.29 is 0 Å². The fraction of sp³-hybridized carbons (Fsp3) is 0.308. The van der Waals surface area contributed by atoms with E-state index in [9.17, 15) is 0 Å². The van der Waals surface area contributed by atoms with Gasteiger partial charge in [0.15, 0.2) is 0 Å². The van der Waals surface area contributed by atoms with E-state index in [1.165, 1.54) is 26.2 Å². The van der Waals surface area contributed by atoms with Crippen molar-refractivity contribution in [3.8, 4) is 0 Å². The smallest absolute Gasteiger partial charge is 0.131 e. The van der Waals surface area contributed by atoms with E-state index < -0.39 is 0 Å². The molecule has 1 atom stereocenters. The summed E-state index contributed by atoms with van der Waals surface area (Å²) in [5, 5.41) is 4.04. The van der Waals surface area contributed by atoms with Crippen LogP contribution in [0.15, 0.2) is 24.3 Å². The molecule has 0 aromatic carbocycles. The number of nitrogens with zero attached hydrogens (tertiary/aromatic N) is 1. The Hall–Kier alpha value is -0.330. The van der Waals surface area contributed by atoms with Gasteiger partial charge in [-0.1, -0.05) is 17.7 Å². The Balaban J connectivity index is 1.86. The first-order chi connectivity index (χ1) is 8.72. The van der Waals surface area contributed by atoms with Crippen LogP contribution in [0.4, 0.5) is 5.82 Å². The minimum Gasteiger partial charge on any atom is -0.363 e. The summed E-state index contributed by atoms with van der Waals surface area (Å²) in [6.07, 6.45) is 3.61. The quantitative estimate of drug-likeness (QED) is 0.583. The van der Waals surface area contributed by atoms with E-state index in [-0.39, 0.29) is 0 Å². The third-order valence-electron chi connectivity index (χ3n) is 3.12. The minimum atomic E-state index is 0.375. The summed E-state index contributed by atoms with van der Waals surface area (Å²) < 4.78 is 1.37. The summed E-state index contributed by atoms with van der Waals surface area (Å²) in [7, 11) is 0. The van der Waals surface area contributed by atoms with Crippen molar-refractivity contribution in [1.82, 2.24) is 4.98 Å². The Kier molecular flexibility index (Phi) is 3.77. The molecule has 3 rings (SSSR count). The monoisotopic (exact) mass is 390 g/mol. The first-order valence-corrected chi connectivity index (χ1v) is 8.17. The molecule has 0 spiro atoms. The number of hydrogen-bond donors (Lipinski definition) is 1. The Morgan fingerprint density at radius 3 is 3.17 bits per heavy atom. The summed E-state index contributed by atoms with van der Waals surface area (Å²) in [6.45, 7) is 0. The zero-order valence-electron chi connectivity index (χ0n) is 9.62. The fourth-order valence-electron chi connectivity index (χ4n) is 2.34. The predicted octanol–water partition coefficient (Wildman–Crippen LogP) is 4.89. The van der Waals surface area contributed by atoms with E-state index in [2.05, 4.69) is 39.0 Å². The number of thiophene rings is 1. The molecule has 2 aromatic rings. The molecule has 0 saturated carbocycles. The molecule has 1 aliphatic rings. The summed E-state index contributed by atoms with van der Waals surface area (Å²) >= 11 is 10.2. The van der Waals surface area contributed by atoms with Crippen molar-refractivity contribution in [2.75, 3.05) is 5.32 Å². The summed E-state index contributed by atoms with van der Waals surface area (Å²) in [4.78, 5) is 5.82. The maximum atomic E-state index is 5.92. The number of nitrogens with one attached hydrogen (secondary N) is 1. The van der Waals surface area contributed by atoms with E-state index in [1.807, 2.05) is 23.5 Å². The SMILES string of the molecule is Clc1cccc(NC2CCCc3sc(I)cc32)n1. The van der Waals surface area contributed by atoms with Gasteiger partial charge in [-0.25, -0.2) is 4.98 Å². The lowest BCUT2D eigenvalue weighted by molar-refractivity contribution is 0.607.